The van der Waals surface area contributed by atoms with Crippen molar-refractivity contribution in [2.24, 2.45) is 5.92 Å². The number of fused-ring (bicyclic) bond motifs is 1. The molecule has 0 aliphatic carbocycles. The molecule has 0 spiro atoms. The zero-order valence-electron chi connectivity index (χ0n) is 15.0. The van der Waals surface area contributed by atoms with Crippen LogP contribution in [0.25, 0.3) is 0 Å². The molecular weight excluding hydrogens is 326 g/mol. The Morgan fingerprint density at radius 1 is 1.19 bits per heavy atom. The van der Waals surface area contributed by atoms with Gasteiger partial charge in [-0.1, -0.05) is 18.2 Å². The molecule has 0 radical (unpaired) electrons. The summed E-state index contributed by atoms with van der Waals surface area (Å²) in [5, 5.41) is 3.42. The van der Waals surface area contributed by atoms with E-state index in [0.29, 0.717) is 11.5 Å². The number of hydrogen-bond acceptors (Lipinski definition) is 4. The molecule has 5 heteroatoms. The molecule has 3 heterocycles. The average molecular weight is 351 g/mol. The summed E-state index contributed by atoms with van der Waals surface area (Å²) >= 11 is 0. The van der Waals surface area contributed by atoms with Gasteiger partial charge >= 0.3 is 0 Å². The molecule has 26 heavy (non-hydrogen) atoms. The zero-order chi connectivity index (χ0) is 17.8. The van der Waals surface area contributed by atoms with Gasteiger partial charge < -0.3 is 15.0 Å². The van der Waals surface area contributed by atoms with Crippen molar-refractivity contribution in [2.45, 2.75) is 25.7 Å². The van der Waals surface area contributed by atoms with E-state index in [2.05, 4.69) is 22.4 Å². The Morgan fingerprint density at radius 2 is 2.04 bits per heavy atom. The molecule has 2 aliphatic rings. The smallest absolute Gasteiger partial charge is 0.255 e. The zero-order valence-corrected chi connectivity index (χ0v) is 15.0. The van der Waals surface area contributed by atoms with Crippen molar-refractivity contribution in [3.63, 3.8) is 0 Å². The van der Waals surface area contributed by atoms with E-state index in [9.17, 15) is 4.79 Å². The third-order valence-electron chi connectivity index (χ3n) is 5.24. The number of pyridine rings is 1. The van der Waals surface area contributed by atoms with Crippen molar-refractivity contribution in [2.75, 3.05) is 31.6 Å². The number of carbonyl (C=O) groups is 1. The van der Waals surface area contributed by atoms with Crippen molar-refractivity contribution in [3.8, 4) is 5.75 Å². The molecule has 1 unspecified atom stereocenters. The highest BCUT2D eigenvalue weighted by atomic mass is 16.5. The maximum atomic E-state index is 12.4. The van der Waals surface area contributed by atoms with Crippen LogP contribution in [-0.2, 0) is 6.42 Å². The predicted octanol–water partition coefficient (Wildman–Crippen LogP) is 3.37. The van der Waals surface area contributed by atoms with E-state index in [4.69, 9.17) is 4.74 Å². The van der Waals surface area contributed by atoms with Crippen LogP contribution in [0.2, 0.25) is 0 Å². The van der Waals surface area contributed by atoms with E-state index >= 15 is 0 Å². The summed E-state index contributed by atoms with van der Waals surface area (Å²) in [6.45, 7) is 3.33. The summed E-state index contributed by atoms with van der Waals surface area (Å²) in [7, 11) is 0. The fraction of sp³-hybridized carbons (Fsp3) is 0.429. The molecule has 2 aromatic rings. The number of para-hydroxylation sites is 1. The van der Waals surface area contributed by atoms with Gasteiger partial charge in [0, 0.05) is 25.8 Å². The minimum atomic E-state index is 0.0964. The largest absolute Gasteiger partial charge is 0.493 e. The quantitative estimate of drug-likeness (QED) is 0.918. The molecule has 1 aromatic carbocycles. The SMILES string of the molecule is O=C(c1ccc(NCC2CCOc3ccccc3C2)nc1)N1CCCC1. The molecule has 0 bridgehead atoms. The van der Waals surface area contributed by atoms with E-state index in [0.717, 1.165) is 63.5 Å². The van der Waals surface area contributed by atoms with Gasteiger partial charge in [0.1, 0.15) is 11.6 Å². The fourth-order valence-electron chi connectivity index (χ4n) is 3.71. The van der Waals surface area contributed by atoms with Crippen LogP contribution in [-0.4, -0.2) is 42.0 Å². The fourth-order valence-corrected chi connectivity index (χ4v) is 3.71. The number of rotatable bonds is 4. The second-order valence-electron chi connectivity index (χ2n) is 7.13. The number of nitrogens with zero attached hydrogens (tertiary/aromatic N) is 2. The number of anilines is 1. The van der Waals surface area contributed by atoms with E-state index in [1.807, 2.05) is 29.2 Å². The van der Waals surface area contributed by atoms with E-state index in [1.54, 1.807) is 6.20 Å². The van der Waals surface area contributed by atoms with Crippen molar-refractivity contribution in [1.29, 1.82) is 0 Å². The topological polar surface area (TPSA) is 54.5 Å². The van der Waals surface area contributed by atoms with Gasteiger partial charge in [0.05, 0.1) is 12.2 Å². The van der Waals surface area contributed by atoms with Crippen LogP contribution in [0.1, 0.15) is 35.2 Å². The van der Waals surface area contributed by atoms with Crippen LogP contribution in [0, 0.1) is 5.92 Å². The highest BCUT2D eigenvalue weighted by Crippen LogP contribution is 2.26. The first-order valence-corrected chi connectivity index (χ1v) is 9.49. The Hall–Kier alpha value is -2.56. The number of aromatic nitrogens is 1. The average Bonchev–Trinajstić information content (AvgIpc) is 3.14. The van der Waals surface area contributed by atoms with Gasteiger partial charge in [-0.15, -0.1) is 0 Å². The van der Waals surface area contributed by atoms with Crippen LogP contribution in [0.3, 0.4) is 0 Å². The van der Waals surface area contributed by atoms with Gasteiger partial charge in [-0.3, -0.25) is 4.79 Å². The lowest BCUT2D eigenvalue weighted by Gasteiger charge is -2.16. The lowest BCUT2D eigenvalue weighted by Crippen LogP contribution is -2.27. The second kappa shape index (κ2) is 7.77. The summed E-state index contributed by atoms with van der Waals surface area (Å²) in [6.07, 6.45) is 5.93. The van der Waals surface area contributed by atoms with Crippen molar-refractivity contribution < 1.29 is 9.53 Å². The standard InChI is InChI=1S/C21H25N3O2/c25-21(24-10-3-4-11-24)18-7-8-20(23-15-18)22-14-16-9-12-26-19-6-2-1-5-17(19)13-16/h1-2,5-8,15-16H,3-4,9-14H2,(H,22,23). The minimum Gasteiger partial charge on any atom is -0.493 e. The molecule has 1 aromatic heterocycles. The minimum absolute atomic E-state index is 0.0964. The van der Waals surface area contributed by atoms with E-state index in [1.165, 1.54) is 5.56 Å². The molecule has 136 valence electrons. The Morgan fingerprint density at radius 3 is 2.85 bits per heavy atom. The Labute approximate surface area is 154 Å². The lowest BCUT2D eigenvalue weighted by molar-refractivity contribution is 0.0792. The summed E-state index contributed by atoms with van der Waals surface area (Å²) < 4.78 is 5.84. The molecule has 1 fully saturated rings. The molecule has 2 aliphatic heterocycles. The Kier molecular flexibility index (Phi) is 5.04. The van der Waals surface area contributed by atoms with Crippen molar-refractivity contribution in [1.82, 2.24) is 9.88 Å². The number of nitrogens with one attached hydrogen (secondary N) is 1. The number of benzene rings is 1. The van der Waals surface area contributed by atoms with E-state index < -0.39 is 0 Å². The van der Waals surface area contributed by atoms with Gasteiger partial charge in [-0.25, -0.2) is 4.98 Å². The summed E-state index contributed by atoms with van der Waals surface area (Å²) in [5.41, 5.74) is 1.95. The molecule has 4 rings (SSSR count). The van der Waals surface area contributed by atoms with Crippen LogP contribution < -0.4 is 10.1 Å². The second-order valence-corrected chi connectivity index (χ2v) is 7.13. The van der Waals surface area contributed by atoms with E-state index in [-0.39, 0.29) is 5.91 Å². The first-order valence-electron chi connectivity index (χ1n) is 9.49. The molecule has 1 amide bonds. The highest BCUT2D eigenvalue weighted by Gasteiger charge is 2.20. The number of amides is 1. The van der Waals surface area contributed by atoms with Gasteiger partial charge in [-0.2, -0.15) is 0 Å². The number of hydrogen-bond donors (Lipinski definition) is 1. The van der Waals surface area contributed by atoms with Crippen LogP contribution in [0.5, 0.6) is 5.75 Å². The molecule has 5 nitrogen and oxygen atoms in total. The maximum absolute atomic E-state index is 12.4. The molecule has 0 saturated carbocycles. The van der Waals surface area contributed by atoms with Gasteiger partial charge in [-0.05, 0) is 55.4 Å². The van der Waals surface area contributed by atoms with Crippen LogP contribution in [0.4, 0.5) is 5.82 Å². The van der Waals surface area contributed by atoms with Crippen molar-refractivity contribution in [3.05, 3.63) is 53.7 Å². The third-order valence-corrected chi connectivity index (χ3v) is 5.24. The summed E-state index contributed by atoms with van der Waals surface area (Å²) in [5.74, 6) is 2.43. The molecule has 1 saturated heterocycles. The monoisotopic (exact) mass is 351 g/mol. The maximum Gasteiger partial charge on any atom is 0.255 e. The Balaban J connectivity index is 1.34. The third kappa shape index (κ3) is 3.82. The summed E-state index contributed by atoms with van der Waals surface area (Å²) in [6, 6.07) is 12.1. The molecule has 1 atom stereocenters. The number of likely N-dealkylation sites (tertiary alicyclic amines) is 1. The number of ether oxygens (including phenoxy) is 1. The molecule has 1 N–H and O–H groups in total. The van der Waals surface area contributed by atoms with Crippen LogP contribution >= 0.6 is 0 Å². The predicted molar refractivity (Wildman–Crippen MR) is 102 cm³/mol. The van der Waals surface area contributed by atoms with Gasteiger partial charge in [0.15, 0.2) is 0 Å². The van der Waals surface area contributed by atoms with Crippen LogP contribution in [0.15, 0.2) is 42.6 Å². The normalized spacial score (nSPS) is 19.4. The summed E-state index contributed by atoms with van der Waals surface area (Å²) in [4.78, 5) is 18.7. The Bertz CT molecular complexity index is 754. The first-order chi connectivity index (χ1) is 12.8. The van der Waals surface area contributed by atoms with Gasteiger partial charge in [0.2, 0.25) is 0 Å². The molecular formula is C21H25N3O2. The number of carbonyl (C=O) groups excluding carboxylic acids is 1. The van der Waals surface area contributed by atoms with Crippen molar-refractivity contribution >= 4 is 11.7 Å². The van der Waals surface area contributed by atoms with Gasteiger partial charge in [0.25, 0.3) is 5.91 Å². The first kappa shape index (κ1) is 16.9. The lowest BCUT2D eigenvalue weighted by atomic mass is 9.97. The highest BCUT2D eigenvalue weighted by molar-refractivity contribution is 5.94.